The Bertz CT molecular complexity index is 1270. The summed E-state index contributed by atoms with van der Waals surface area (Å²) in [6.07, 6.45) is 5.99. The number of ether oxygens (including phenoxy) is 1. The smallest absolute Gasteiger partial charge is 0.274 e. The lowest BCUT2D eigenvalue weighted by Gasteiger charge is -2.32. The maximum atomic E-state index is 13.5. The molecule has 3 aromatic heterocycles. The van der Waals surface area contributed by atoms with E-state index in [1.54, 1.807) is 17.4 Å². The minimum absolute atomic E-state index is 0.264. The molecule has 1 amide bonds. The van der Waals surface area contributed by atoms with Gasteiger partial charge in [-0.15, -0.1) is 0 Å². The number of morpholine rings is 1. The van der Waals surface area contributed by atoms with E-state index in [0.29, 0.717) is 42.6 Å². The van der Waals surface area contributed by atoms with E-state index in [1.165, 1.54) is 12.8 Å². The van der Waals surface area contributed by atoms with Crippen LogP contribution >= 0.6 is 11.3 Å². The van der Waals surface area contributed by atoms with Crippen LogP contribution in [0.1, 0.15) is 49.0 Å². The Morgan fingerprint density at radius 1 is 0.947 bits per heavy atom. The number of nitrogens with zero attached hydrogens (tertiary/aromatic N) is 6. The number of aliphatic hydroxyl groups excluding tert-OH is 1. The van der Waals surface area contributed by atoms with Gasteiger partial charge in [-0.05, 0) is 43.9 Å². The minimum atomic E-state index is -0.420. The van der Waals surface area contributed by atoms with E-state index in [4.69, 9.17) is 19.7 Å². The molecule has 1 atom stereocenters. The van der Waals surface area contributed by atoms with Crippen molar-refractivity contribution in [2.45, 2.75) is 44.6 Å². The molecule has 10 nitrogen and oxygen atoms in total. The third-order valence-electron chi connectivity index (χ3n) is 7.47. The number of piperidine rings is 1. The fraction of sp³-hybridized carbons (Fsp3) is 0.556. The molecule has 0 spiro atoms. The van der Waals surface area contributed by atoms with Crippen molar-refractivity contribution < 1.29 is 14.6 Å². The summed E-state index contributed by atoms with van der Waals surface area (Å²) in [6.45, 7) is 6.15. The summed E-state index contributed by atoms with van der Waals surface area (Å²) in [4.78, 5) is 34.5. The van der Waals surface area contributed by atoms with E-state index >= 15 is 0 Å². The summed E-state index contributed by atoms with van der Waals surface area (Å²) in [5, 5.41) is 14.4. The number of aromatic nitrogens is 3. The van der Waals surface area contributed by atoms with Crippen LogP contribution in [0.3, 0.4) is 0 Å². The van der Waals surface area contributed by atoms with Crippen LogP contribution in [0.4, 0.5) is 22.5 Å². The van der Waals surface area contributed by atoms with Gasteiger partial charge in [0.15, 0.2) is 16.6 Å². The Morgan fingerprint density at radius 2 is 1.74 bits per heavy atom. The van der Waals surface area contributed by atoms with Gasteiger partial charge in [0, 0.05) is 39.3 Å². The predicted octanol–water partition coefficient (Wildman–Crippen LogP) is 3.52. The van der Waals surface area contributed by atoms with E-state index in [2.05, 4.69) is 20.0 Å². The van der Waals surface area contributed by atoms with E-state index in [0.717, 1.165) is 74.1 Å². The molecule has 3 saturated heterocycles. The maximum absolute atomic E-state index is 13.5. The molecule has 202 valence electrons. The van der Waals surface area contributed by atoms with E-state index in [9.17, 15) is 9.90 Å². The molecule has 6 rings (SSSR count). The van der Waals surface area contributed by atoms with Crippen molar-refractivity contribution in [1.82, 2.24) is 15.0 Å². The Morgan fingerprint density at radius 3 is 2.53 bits per heavy atom. The van der Waals surface area contributed by atoms with Crippen molar-refractivity contribution in [3.8, 4) is 0 Å². The quantitative estimate of drug-likeness (QED) is 0.506. The van der Waals surface area contributed by atoms with Crippen molar-refractivity contribution >= 4 is 50.0 Å². The largest absolute Gasteiger partial charge is 0.391 e. The number of pyridine rings is 2. The zero-order valence-corrected chi connectivity index (χ0v) is 22.5. The number of hydrogen-bond donors (Lipinski definition) is 2. The van der Waals surface area contributed by atoms with Crippen molar-refractivity contribution in [1.29, 1.82) is 0 Å². The second kappa shape index (κ2) is 11.4. The predicted molar refractivity (Wildman–Crippen MR) is 151 cm³/mol. The first-order valence-corrected chi connectivity index (χ1v) is 14.6. The number of thiazole rings is 1. The summed E-state index contributed by atoms with van der Waals surface area (Å²) in [5.41, 5.74) is 1.66. The summed E-state index contributed by atoms with van der Waals surface area (Å²) in [7, 11) is 0. The van der Waals surface area contributed by atoms with Crippen LogP contribution in [-0.2, 0) is 4.74 Å². The molecule has 0 aromatic carbocycles. The first-order valence-electron chi connectivity index (χ1n) is 13.7. The van der Waals surface area contributed by atoms with Crippen molar-refractivity contribution in [2.75, 3.05) is 72.5 Å². The Balaban J connectivity index is 1.30. The van der Waals surface area contributed by atoms with Crippen LogP contribution in [-0.4, -0.2) is 84.6 Å². The normalized spacial score (nSPS) is 21.0. The van der Waals surface area contributed by atoms with Crippen molar-refractivity contribution in [3.63, 3.8) is 0 Å². The molecule has 1 unspecified atom stereocenters. The molecule has 3 aliphatic heterocycles. The van der Waals surface area contributed by atoms with Gasteiger partial charge in [-0.2, -0.15) is 4.98 Å². The third kappa shape index (κ3) is 5.55. The molecule has 0 aliphatic carbocycles. The number of fused-ring (bicyclic) bond motifs is 1. The number of carbonyl (C=O) groups is 1. The fourth-order valence-electron chi connectivity index (χ4n) is 5.42. The zero-order valence-electron chi connectivity index (χ0n) is 21.6. The molecule has 2 N–H and O–H groups in total. The standard InChI is InChI=1S/C27H35N7O3S/c35-19-7-6-12-34(18-19)25-21(17-22-24(30-25)31-27(38-22)33-13-15-37-16-14-33)29-26(36)20-8-5-9-23(28-20)32-10-3-1-2-4-11-32/h5,8-9,17,19,35H,1-4,6-7,10-16,18H2,(H,29,36). The second-order valence-corrected chi connectivity index (χ2v) is 11.3. The van der Waals surface area contributed by atoms with Crippen LogP contribution < -0.4 is 20.0 Å². The average molecular weight is 538 g/mol. The zero-order chi connectivity index (χ0) is 25.9. The number of β-amino-alcohol motifs (C(OH)–C–C–N with tert-alkyl or cyclic N) is 1. The fourth-order valence-corrected chi connectivity index (χ4v) is 6.42. The first-order chi connectivity index (χ1) is 18.6. The number of carbonyl (C=O) groups excluding carboxylic acids is 1. The number of rotatable bonds is 5. The van der Waals surface area contributed by atoms with Crippen molar-refractivity contribution in [3.05, 3.63) is 30.0 Å². The van der Waals surface area contributed by atoms with E-state index in [1.807, 2.05) is 18.2 Å². The van der Waals surface area contributed by atoms with Crippen LogP contribution in [0, 0.1) is 0 Å². The molecule has 38 heavy (non-hydrogen) atoms. The molecular weight excluding hydrogens is 502 g/mol. The number of amides is 1. The van der Waals surface area contributed by atoms with Gasteiger partial charge < -0.3 is 29.9 Å². The average Bonchev–Trinajstić information content (AvgIpc) is 3.17. The molecule has 0 saturated carbocycles. The lowest BCUT2D eigenvalue weighted by atomic mass is 10.1. The molecule has 0 bridgehead atoms. The van der Waals surface area contributed by atoms with Gasteiger partial charge in [-0.25, -0.2) is 9.97 Å². The van der Waals surface area contributed by atoms with Crippen LogP contribution in [0.25, 0.3) is 10.3 Å². The second-order valence-electron chi connectivity index (χ2n) is 10.3. The molecule has 0 radical (unpaired) electrons. The molecule has 3 fully saturated rings. The summed E-state index contributed by atoms with van der Waals surface area (Å²) < 4.78 is 6.41. The van der Waals surface area contributed by atoms with Crippen LogP contribution in [0.5, 0.6) is 0 Å². The van der Waals surface area contributed by atoms with Gasteiger partial charge in [0.25, 0.3) is 5.91 Å². The summed E-state index contributed by atoms with van der Waals surface area (Å²) in [5.74, 6) is 1.23. The number of anilines is 4. The van der Waals surface area contributed by atoms with Crippen molar-refractivity contribution in [2.24, 2.45) is 0 Å². The van der Waals surface area contributed by atoms with Gasteiger partial charge >= 0.3 is 0 Å². The maximum Gasteiger partial charge on any atom is 0.274 e. The third-order valence-corrected chi connectivity index (χ3v) is 8.53. The Hall–Kier alpha value is -3.02. The van der Waals surface area contributed by atoms with Gasteiger partial charge in [0.2, 0.25) is 0 Å². The topological polar surface area (TPSA) is 107 Å². The molecule has 3 aromatic rings. The summed E-state index contributed by atoms with van der Waals surface area (Å²) in [6, 6.07) is 7.62. The lowest BCUT2D eigenvalue weighted by molar-refractivity contribution is 0.102. The minimum Gasteiger partial charge on any atom is -0.391 e. The monoisotopic (exact) mass is 537 g/mol. The lowest BCUT2D eigenvalue weighted by Crippen LogP contribution is -2.39. The van der Waals surface area contributed by atoms with Gasteiger partial charge in [-0.3, -0.25) is 4.79 Å². The molecule has 11 heteroatoms. The van der Waals surface area contributed by atoms with Gasteiger partial charge in [-0.1, -0.05) is 30.2 Å². The van der Waals surface area contributed by atoms with Crippen LogP contribution in [0.2, 0.25) is 0 Å². The highest BCUT2D eigenvalue weighted by molar-refractivity contribution is 7.22. The SMILES string of the molecule is O=C(Nc1cc2sc(N3CCOCC3)nc2nc1N1CCCC(O)C1)c1cccc(N2CCCCCC2)n1. The molecular formula is C27H35N7O3S. The summed E-state index contributed by atoms with van der Waals surface area (Å²) >= 11 is 1.58. The number of hydrogen-bond acceptors (Lipinski definition) is 10. The van der Waals surface area contributed by atoms with Gasteiger partial charge in [0.1, 0.15) is 11.5 Å². The number of nitrogens with one attached hydrogen (secondary N) is 1. The highest BCUT2D eigenvalue weighted by Gasteiger charge is 2.25. The number of aliphatic hydroxyl groups is 1. The first kappa shape index (κ1) is 25.3. The van der Waals surface area contributed by atoms with E-state index < -0.39 is 6.10 Å². The van der Waals surface area contributed by atoms with Gasteiger partial charge in [0.05, 0.1) is 29.7 Å². The Kier molecular flexibility index (Phi) is 7.57. The van der Waals surface area contributed by atoms with E-state index in [-0.39, 0.29) is 5.91 Å². The Labute approximate surface area is 226 Å². The molecule has 3 aliphatic rings. The van der Waals surface area contributed by atoms with Crippen LogP contribution in [0.15, 0.2) is 24.3 Å². The molecule has 6 heterocycles. The highest BCUT2D eigenvalue weighted by atomic mass is 32.1. The highest BCUT2D eigenvalue weighted by Crippen LogP contribution is 2.35.